The van der Waals surface area contributed by atoms with Crippen LogP contribution in [-0.4, -0.2) is 55.3 Å². The highest BCUT2D eigenvalue weighted by Crippen LogP contribution is 2.46. The fraction of sp³-hybridized carbons (Fsp3) is 0.692. The summed E-state index contributed by atoms with van der Waals surface area (Å²) in [5.41, 5.74) is 7.71. The van der Waals surface area contributed by atoms with Crippen molar-refractivity contribution in [1.82, 2.24) is 9.55 Å². The van der Waals surface area contributed by atoms with Crippen molar-refractivity contribution in [2.75, 3.05) is 18.9 Å². The Balaban J connectivity index is 2.06. The van der Waals surface area contributed by atoms with Gasteiger partial charge in [0.05, 0.1) is 31.1 Å². The lowest BCUT2D eigenvalue weighted by molar-refractivity contribution is -0.0239. The van der Waals surface area contributed by atoms with E-state index in [1.807, 2.05) is 0 Å². The highest BCUT2D eigenvalue weighted by atomic mass is 31.2. The van der Waals surface area contributed by atoms with Gasteiger partial charge in [-0.3, -0.25) is 23.5 Å². The number of hydrogen-bond acceptors (Lipinski definition) is 7. The number of aryl methyl sites for hydroxylation is 1. The monoisotopic (exact) mass is 453 g/mol. The van der Waals surface area contributed by atoms with Crippen molar-refractivity contribution < 1.29 is 33.1 Å². The molecule has 16 heteroatoms. The Morgan fingerprint density at radius 2 is 2.07 bits per heavy atom. The van der Waals surface area contributed by atoms with E-state index in [4.69, 9.17) is 24.6 Å². The number of aromatic amines is 1. The maximum absolute atomic E-state index is 12.0. The van der Waals surface area contributed by atoms with Crippen LogP contribution < -0.4 is 11.2 Å². The van der Waals surface area contributed by atoms with Gasteiger partial charge in [0.1, 0.15) is 6.23 Å². The molecule has 0 spiro atoms. The highest BCUT2D eigenvalue weighted by Gasteiger charge is 2.38. The number of azide groups is 1. The van der Waals surface area contributed by atoms with Gasteiger partial charge in [-0.15, -0.1) is 0 Å². The van der Waals surface area contributed by atoms with Crippen LogP contribution in [-0.2, 0) is 18.4 Å². The van der Waals surface area contributed by atoms with Gasteiger partial charge >= 0.3 is 20.9 Å². The highest BCUT2D eigenvalue weighted by molar-refractivity contribution is 7.53. The normalized spacial score (nSPS) is 24.1. The standard InChI is InChI=1S/C13H21N5O9P2/c1-8-6-18(13(20)15-12(8)19)11-5-9(16-17-14)10(27-11)7-26-29(24,25)4-2-3-28(21,22)23/h6,9-11H,2-5,7H2,1H3,(H,24,25)(H,15,19,20)(H2,21,22,23). The molecule has 1 aliphatic heterocycles. The van der Waals surface area contributed by atoms with Crippen LogP contribution in [0.1, 0.15) is 24.6 Å². The molecule has 0 saturated carbocycles. The van der Waals surface area contributed by atoms with Crippen LogP contribution in [0, 0.1) is 6.92 Å². The third-order valence-corrected chi connectivity index (χ3v) is 6.52. The number of aromatic nitrogens is 2. The number of H-pyrrole nitrogens is 1. The molecule has 4 unspecified atom stereocenters. The van der Waals surface area contributed by atoms with Crippen molar-refractivity contribution in [3.63, 3.8) is 0 Å². The SMILES string of the molecule is Cc1cn(C2CC(N=[N+]=[N-])C(COP(=O)(O)CCCP(=O)(O)O)O2)c(=O)[nH]c1=O. The van der Waals surface area contributed by atoms with Crippen molar-refractivity contribution in [3.05, 3.63) is 43.0 Å². The molecule has 0 aromatic carbocycles. The summed E-state index contributed by atoms with van der Waals surface area (Å²) in [6, 6.07) is -0.806. The summed E-state index contributed by atoms with van der Waals surface area (Å²) in [5, 5.41) is 3.56. The zero-order valence-electron chi connectivity index (χ0n) is 15.3. The first-order valence-corrected chi connectivity index (χ1v) is 12.0. The first-order chi connectivity index (χ1) is 13.4. The van der Waals surface area contributed by atoms with Gasteiger partial charge in [-0.25, -0.2) is 4.79 Å². The zero-order chi connectivity index (χ0) is 21.8. The molecule has 4 N–H and O–H groups in total. The van der Waals surface area contributed by atoms with Crippen LogP contribution in [0.2, 0.25) is 0 Å². The fourth-order valence-electron chi connectivity index (χ4n) is 2.75. The topological polar surface area (TPSA) is 217 Å². The molecule has 1 fully saturated rings. The quantitative estimate of drug-likeness (QED) is 0.178. The van der Waals surface area contributed by atoms with E-state index in [1.54, 1.807) is 0 Å². The van der Waals surface area contributed by atoms with Gasteiger partial charge in [-0.05, 0) is 18.9 Å². The molecule has 29 heavy (non-hydrogen) atoms. The Morgan fingerprint density at radius 1 is 1.38 bits per heavy atom. The number of rotatable bonds is 9. The molecular weight excluding hydrogens is 432 g/mol. The second kappa shape index (κ2) is 9.38. The second-order valence-corrected chi connectivity index (χ2v) is 10.3. The second-order valence-electron chi connectivity index (χ2n) is 6.51. The molecule has 1 aromatic heterocycles. The van der Waals surface area contributed by atoms with Crippen LogP contribution in [0.15, 0.2) is 20.9 Å². The van der Waals surface area contributed by atoms with Gasteiger partial charge in [-0.1, -0.05) is 5.11 Å². The largest absolute Gasteiger partial charge is 0.352 e. The van der Waals surface area contributed by atoms with Gasteiger partial charge in [0.25, 0.3) is 5.56 Å². The van der Waals surface area contributed by atoms with E-state index in [9.17, 15) is 23.6 Å². The van der Waals surface area contributed by atoms with Crippen LogP contribution in [0.5, 0.6) is 0 Å². The molecule has 0 radical (unpaired) electrons. The maximum Gasteiger partial charge on any atom is 0.330 e. The summed E-state index contributed by atoms with van der Waals surface area (Å²) in [6.07, 6.45) is -1.73. The minimum Gasteiger partial charge on any atom is -0.352 e. The molecule has 4 atom stereocenters. The van der Waals surface area contributed by atoms with E-state index >= 15 is 0 Å². The smallest absolute Gasteiger partial charge is 0.330 e. The summed E-state index contributed by atoms with van der Waals surface area (Å²) in [5.74, 6) is 0. The number of nitrogens with zero attached hydrogens (tertiary/aromatic N) is 4. The van der Waals surface area contributed by atoms with Crippen molar-refractivity contribution in [3.8, 4) is 0 Å². The maximum atomic E-state index is 12.0. The van der Waals surface area contributed by atoms with Gasteiger partial charge in [0.2, 0.25) is 0 Å². The lowest BCUT2D eigenvalue weighted by Crippen LogP contribution is -2.33. The minimum absolute atomic E-state index is 0.0669. The minimum atomic E-state index is -4.29. The molecule has 1 saturated heterocycles. The molecule has 14 nitrogen and oxygen atoms in total. The van der Waals surface area contributed by atoms with Gasteiger partial charge in [0, 0.05) is 23.1 Å². The Kier molecular flexibility index (Phi) is 7.61. The van der Waals surface area contributed by atoms with E-state index < -0.39 is 63.7 Å². The molecule has 1 aliphatic rings. The van der Waals surface area contributed by atoms with Crippen molar-refractivity contribution in [2.45, 2.75) is 38.1 Å². The number of hydrogen-bond donors (Lipinski definition) is 4. The van der Waals surface area contributed by atoms with Crippen molar-refractivity contribution in [1.29, 1.82) is 0 Å². The summed E-state index contributed by atoms with van der Waals surface area (Å²) in [6.45, 7) is 1.05. The molecule has 1 aromatic rings. The third kappa shape index (κ3) is 6.91. The van der Waals surface area contributed by atoms with Crippen LogP contribution in [0.4, 0.5) is 0 Å². The zero-order valence-corrected chi connectivity index (χ0v) is 17.1. The Labute approximate surface area is 163 Å². The van der Waals surface area contributed by atoms with Crippen LogP contribution >= 0.6 is 15.2 Å². The lowest BCUT2D eigenvalue weighted by atomic mass is 10.1. The summed E-state index contributed by atoms with van der Waals surface area (Å²) >= 11 is 0. The van der Waals surface area contributed by atoms with Crippen LogP contribution in [0.25, 0.3) is 10.4 Å². The first kappa shape index (κ1) is 23.5. The van der Waals surface area contributed by atoms with Gasteiger partial charge in [0.15, 0.2) is 0 Å². The van der Waals surface area contributed by atoms with Gasteiger partial charge < -0.3 is 23.9 Å². The van der Waals surface area contributed by atoms with E-state index in [0.29, 0.717) is 0 Å². The fourth-order valence-corrected chi connectivity index (χ4v) is 4.64. The molecule has 0 bridgehead atoms. The molecule has 2 heterocycles. The van der Waals surface area contributed by atoms with E-state index in [2.05, 4.69) is 15.0 Å². The molecule has 0 aliphatic carbocycles. The Hall–Kier alpha value is -1.75. The molecule has 2 rings (SSSR count). The summed E-state index contributed by atoms with van der Waals surface area (Å²) < 4.78 is 34.6. The van der Waals surface area contributed by atoms with E-state index in [1.165, 1.54) is 13.1 Å². The lowest BCUT2D eigenvalue weighted by Gasteiger charge is -2.19. The predicted octanol–water partition coefficient (Wildman–Crippen LogP) is 0.581. The van der Waals surface area contributed by atoms with Gasteiger partial charge in [-0.2, -0.15) is 0 Å². The summed E-state index contributed by atoms with van der Waals surface area (Å²) in [4.78, 5) is 55.7. The third-order valence-electron chi connectivity index (χ3n) is 4.19. The number of nitrogens with one attached hydrogen (secondary N) is 1. The Morgan fingerprint density at radius 3 is 2.69 bits per heavy atom. The van der Waals surface area contributed by atoms with Crippen molar-refractivity contribution in [2.24, 2.45) is 5.11 Å². The van der Waals surface area contributed by atoms with E-state index in [-0.39, 0.29) is 18.4 Å². The molecule has 162 valence electrons. The Bertz CT molecular complexity index is 995. The van der Waals surface area contributed by atoms with E-state index in [0.717, 1.165) is 4.57 Å². The predicted molar refractivity (Wildman–Crippen MR) is 99.7 cm³/mol. The van der Waals surface area contributed by atoms with Crippen LogP contribution in [0.3, 0.4) is 0 Å². The first-order valence-electron chi connectivity index (χ1n) is 8.44. The average Bonchev–Trinajstić information content (AvgIpc) is 2.98. The molecular formula is C13H21N5O9P2. The average molecular weight is 453 g/mol. The number of ether oxygens (including phenoxy) is 1. The van der Waals surface area contributed by atoms with Crippen molar-refractivity contribution >= 4 is 15.2 Å². The molecule has 0 amide bonds. The summed E-state index contributed by atoms with van der Waals surface area (Å²) in [7, 11) is -8.46.